The maximum Gasteiger partial charge on any atom is 0.401 e. The molecule has 0 saturated heterocycles. The van der Waals surface area contributed by atoms with Crippen LogP contribution in [0.1, 0.15) is 19.4 Å². The van der Waals surface area contributed by atoms with Crippen LogP contribution in [-0.2, 0) is 5.41 Å². The molecule has 0 radical (unpaired) electrons. The van der Waals surface area contributed by atoms with Crippen LogP contribution in [0, 0.1) is 0 Å². The molecule has 0 saturated carbocycles. The van der Waals surface area contributed by atoms with Crippen molar-refractivity contribution < 1.29 is 13.2 Å². The van der Waals surface area contributed by atoms with Crippen LogP contribution < -0.4 is 5.32 Å². The number of alkyl halides is 3. The predicted molar refractivity (Wildman–Crippen MR) is 56.2 cm³/mol. The lowest BCUT2D eigenvalue weighted by Crippen LogP contribution is -2.38. The maximum absolute atomic E-state index is 12.0. The van der Waals surface area contributed by atoms with Gasteiger partial charge in [0, 0.05) is 24.4 Å². The van der Waals surface area contributed by atoms with Crippen LogP contribution in [0.5, 0.6) is 0 Å². The Morgan fingerprint density at radius 2 is 1.94 bits per heavy atom. The minimum absolute atomic E-state index is 0.262. The third kappa shape index (κ3) is 4.18. The van der Waals surface area contributed by atoms with E-state index in [1.54, 1.807) is 18.5 Å². The molecule has 1 rings (SSSR count). The van der Waals surface area contributed by atoms with E-state index in [2.05, 4.69) is 10.3 Å². The Bertz CT molecular complexity index is 320. The highest BCUT2D eigenvalue weighted by Crippen LogP contribution is 2.21. The van der Waals surface area contributed by atoms with Gasteiger partial charge in [-0.2, -0.15) is 13.2 Å². The summed E-state index contributed by atoms with van der Waals surface area (Å²) in [6, 6.07) is 3.64. The summed E-state index contributed by atoms with van der Waals surface area (Å²) in [5, 5.41) is 2.41. The highest BCUT2D eigenvalue weighted by atomic mass is 19.4. The highest BCUT2D eigenvalue weighted by molar-refractivity contribution is 5.19. The van der Waals surface area contributed by atoms with E-state index < -0.39 is 12.7 Å². The van der Waals surface area contributed by atoms with Crippen molar-refractivity contribution in [2.45, 2.75) is 25.4 Å². The molecule has 5 heteroatoms. The average Bonchev–Trinajstić information content (AvgIpc) is 2.17. The monoisotopic (exact) mass is 232 g/mol. The normalized spacial score (nSPS) is 12.8. The third-order valence-corrected chi connectivity index (χ3v) is 2.34. The molecule has 0 bridgehead atoms. The Labute approximate surface area is 92.9 Å². The lowest BCUT2D eigenvalue weighted by molar-refractivity contribution is -0.125. The number of nitrogens with one attached hydrogen (secondary N) is 1. The molecule has 1 aromatic rings. The van der Waals surface area contributed by atoms with Crippen molar-refractivity contribution in [3.8, 4) is 0 Å². The van der Waals surface area contributed by atoms with E-state index in [-0.39, 0.29) is 12.0 Å². The fraction of sp³-hybridized carbons (Fsp3) is 0.545. The van der Waals surface area contributed by atoms with Gasteiger partial charge in [-0.05, 0) is 11.6 Å². The van der Waals surface area contributed by atoms with Crippen LogP contribution in [-0.4, -0.2) is 24.2 Å². The summed E-state index contributed by atoms with van der Waals surface area (Å²) in [7, 11) is 0. The Morgan fingerprint density at radius 3 is 2.44 bits per heavy atom. The SMILES string of the molecule is CC(C)(CNCC(F)(F)F)c1cccnc1. The van der Waals surface area contributed by atoms with Gasteiger partial charge in [0.2, 0.25) is 0 Å². The van der Waals surface area contributed by atoms with Gasteiger partial charge >= 0.3 is 6.18 Å². The van der Waals surface area contributed by atoms with E-state index in [0.717, 1.165) is 5.56 Å². The van der Waals surface area contributed by atoms with Crippen LogP contribution in [0.3, 0.4) is 0 Å². The molecule has 0 atom stereocenters. The number of aromatic nitrogens is 1. The summed E-state index contributed by atoms with van der Waals surface area (Å²) in [5.74, 6) is 0. The summed E-state index contributed by atoms with van der Waals surface area (Å²) in [5.41, 5.74) is 0.559. The minimum Gasteiger partial charge on any atom is -0.308 e. The van der Waals surface area contributed by atoms with E-state index in [1.807, 2.05) is 19.9 Å². The summed E-state index contributed by atoms with van der Waals surface area (Å²) in [6.45, 7) is 3.07. The van der Waals surface area contributed by atoms with Gasteiger partial charge in [-0.25, -0.2) is 0 Å². The second-order valence-electron chi connectivity index (χ2n) is 4.34. The van der Waals surface area contributed by atoms with Crippen molar-refractivity contribution in [2.24, 2.45) is 0 Å². The first-order chi connectivity index (χ1) is 7.31. The van der Waals surface area contributed by atoms with Crippen LogP contribution >= 0.6 is 0 Å². The van der Waals surface area contributed by atoms with E-state index in [1.165, 1.54) is 0 Å². The first-order valence-electron chi connectivity index (χ1n) is 4.99. The van der Waals surface area contributed by atoms with Gasteiger partial charge in [-0.15, -0.1) is 0 Å². The number of hydrogen-bond donors (Lipinski definition) is 1. The first kappa shape index (κ1) is 13.0. The van der Waals surface area contributed by atoms with Gasteiger partial charge in [0.1, 0.15) is 0 Å². The number of pyridine rings is 1. The zero-order valence-electron chi connectivity index (χ0n) is 9.30. The molecule has 2 nitrogen and oxygen atoms in total. The molecule has 16 heavy (non-hydrogen) atoms. The molecular weight excluding hydrogens is 217 g/mol. The van der Waals surface area contributed by atoms with Crippen LogP contribution in [0.2, 0.25) is 0 Å². The smallest absolute Gasteiger partial charge is 0.308 e. The van der Waals surface area contributed by atoms with Crippen molar-refractivity contribution in [1.29, 1.82) is 0 Å². The van der Waals surface area contributed by atoms with Gasteiger partial charge in [0.15, 0.2) is 0 Å². The lowest BCUT2D eigenvalue weighted by atomic mass is 9.86. The zero-order chi connectivity index (χ0) is 12.2. The Morgan fingerprint density at radius 1 is 1.25 bits per heavy atom. The molecule has 0 amide bonds. The lowest BCUT2D eigenvalue weighted by Gasteiger charge is -2.25. The quantitative estimate of drug-likeness (QED) is 0.862. The molecule has 0 aliphatic heterocycles. The van der Waals surface area contributed by atoms with Gasteiger partial charge in [-0.3, -0.25) is 4.98 Å². The van der Waals surface area contributed by atoms with E-state index in [4.69, 9.17) is 0 Å². The zero-order valence-corrected chi connectivity index (χ0v) is 9.30. The highest BCUT2D eigenvalue weighted by Gasteiger charge is 2.28. The largest absolute Gasteiger partial charge is 0.401 e. The Balaban J connectivity index is 2.53. The molecule has 1 heterocycles. The Hall–Kier alpha value is -1.10. The van der Waals surface area contributed by atoms with Crippen LogP contribution in [0.15, 0.2) is 24.5 Å². The van der Waals surface area contributed by atoms with Gasteiger partial charge in [0.25, 0.3) is 0 Å². The van der Waals surface area contributed by atoms with E-state index >= 15 is 0 Å². The number of rotatable bonds is 4. The molecule has 0 spiro atoms. The molecule has 90 valence electrons. The molecule has 0 aromatic carbocycles. The predicted octanol–water partition coefficient (Wildman–Crippen LogP) is 2.51. The second-order valence-corrected chi connectivity index (χ2v) is 4.34. The van der Waals surface area contributed by atoms with Crippen molar-refractivity contribution in [3.05, 3.63) is 30.1 Å². The fourth-order valence-electron chi connectivity index (χ4n) is 1.38. The molecule has 0 unspecified atom stereocenters. The van der Waals surface area contributed by atoms with Crippen molar-refractivity contribution in [3.63, 3.8) is 0 Å². The standard InChI is InChI=1S/C11H15F3N2/c1-10(2,7-16-8-11(12,13)14)9-4-3-5-15-6-9/h3-6,16H,7-8H2,1-2H3. The molecule has 0 aliphatic carbocycles. The summed E-state index contributed by atoms with van der Waals surface area (Å²) >= 11 is 0. The minimum atomic E-state index is -4.16. The van der Waals surface area contributed by atoms with Crippen LogP contribution in [0.4, 0.5) is 13.2 Å². The number of hydrogen-bond acceptors (Lipinski definition) is 2. The van der Waals surface area contributed by atoms with Crippen molar-refractivity contribution in [1.82, 2.24) is 10.3 Å². The average molecular weight is 232 g/mol. The van der Waals surface area contributed by atoms with Gasteiger partial charge in [0.05, 0.1) is 6.54 Å². The fourth-order valence-corrected chi connectivity index (χ4v) is 1.38. The first-order valence-corrected chi connectivity index (χ1v) is 4.99. The number of nitrogens with zero attached hydrogens (tertiary/aromatic N) is 1. The molecule has 1 aromatic heterocycles. The second kappa shape index (κ2) is 4.82. The van der Waals surface area contributed by atoms with Crippen LogP contribution in [0.25, 0.3) is 0 Å². The van der Waals surface area contributed by atoms with Gasteiger partial charge < -0.3 is 5.32 Å². The van der Waals surface area contributed by atoms with Crippen molar-refractivity contribution >= 4 is 0 Å². The summed E-state index contributed by atoms with van der Waals surface area (Å²) in [4.78, 5) is 3.96. The molecule has 0 aliphatic rings. The number of halogens is 3. The van der Waals surface area contributed by atoms with Crippen molar-refractivity contribution in [2.75, 3.05) is 13.1 Å². The van der Waals surface area contributed by atoms with E-state index in [9.17, 15) is 13.2 Å². The third-order valence-electron chi connectivity index (χ3n) is 2.34. The maximum atomic E-state index is 12.0. The van der Waals surface area contributed by atoms with E-state index in [0.29, 0.717) is 0 Å². The molecular formula is C11H15F3N2. The summed E-state index contributed by atoms with van der Waals surface area (Å²) < 4.78 is 35.9. The molecule has 0 fully saturated rings. The molecule has 1 N–H and O–H groups in total. The van der Waals surface area contributed by atoms with Gasteiger partial charge in [-0.1, -0.05) is 19.9 Å². The topological polar surface area (TPSA) is 24.9 Å². The summed E-state index contributed by atoms with van der Waals surface area (Å²) in [6.07, 6.45) is -0.844. The Kier molecular flexibility index (Phi) is 3.91.